The molecule has 4 nitrogen and oxygen atoms in total. The van der Waals surface area contributed by atoms with Crippen molar-refractivity contribution in [1.82, 2.24) is 10.3 Å². The van der Waals surface area contributed by atoms with Crippen LogP contribution in [0.4, 0.5) is 0 Å². The molecule has 3 N–H and O–H groups in total. The number of nitrogens with zero attached hydrogens (tertiary/aromatic N) is 1. The van der Waals surface area contributed by atoms with Gasteiger partial charge in [0.1, 0.15) is 5.01 Å². The summed E-state index contributed by atoms with van der Waals surface area (Å²) in [5, 5.41) is 3.83. The van der Waals surface area contributed by atoms with Gasteiger partial charge in [-0.1, -0.05) is 20.8 Å². The Morgan fingerprint density at radius 1 is 1.53 bits per heavy atom. The maximum atomic E-state index is 11.8. The number of nitrogens with one attached hydrogen (secondary N) is 1. The van der Waals surface area contributed by atoms with Gasteiger partial charge in [0.25, 0.3) is 0 Å². The van der Waals surface area contributed by atoms with E-state index in [4.69, 9.17) is 5.73 Å². The number of amides is 1. The van der Waals surface area contributed by atoms with E-state index in [9.17, 15) is 4.79 Å². The lowest BCUT2D eigenvalue weighted by Crippen LogP contribution is -2.44. The van der Waals surface area contributed by atoms with Gasteiger partial charge in [-0.2, -0.15) is 0 Å². The number of hydrogen-bond acceptors (Lipinski definition) is 4. The second-order valence-electron chi connectivity index (χ2n) is 4.52. The number of aryl methyl sites for hydroxylation is 1. The van der Waals surface area contributed by atoms with Gasteiger partial charge in [-0.15, -0.1) is 11.3 Å². The van der Waals surface area contributed by atoms with E-state index in [2.05, 4.69) is 17.2 Å². The van der Waals surface area contributed by atoms with E-state index in [1.165, 1.54) is 4.88 Å². The minimum absolute atomic E-state index is 0.0717. The summed E-state index contributed by atoms with van der Waals surface area (Å²) in [4.78, 5) is 17.3. The molecule has 96 valence electrons. The van der Waals surface area contributed by atoms with Crippen LogP contribution in [0.25, 0.3) is 0 Å². The van der Waals surface area contributed by atoms with Crippen molar-refractivity contribution in [3.8, 4) is 0 Å². The average molecular weight is 255 g/mol. The van der Waals surface area contributed by atoms with Gasteiger partial charge in [-0.3, -0.25) is 4.79 Å². The molecule has 2 atom stereocenters. The first-order chi connectivity index (χ1) is 7.95. The molecule has 1 unspecified atom stereocenters. The van der Waals surface area contributed by atoms with Crippen molar-refractivity contribution in [2.45, 2.75) is 46.2 Å². The van der Waals surface area contributed by atoms with E-state index >= 15 is 0 Å². The fourth-order valence-corrected chi connectivity index (χ4v) is 2.22. The Labute approximate surface area is 107 Å². The minimum atomic E-state index is -0.456. The molecule has 17 heavy (non-hydrogen) atoms. The van der Waals surface area contributed by atoms with E-state index in [1.807, 2.05) is 27.0 Å². The van der Waals surface area contributed by atoms with Crippen LogP contribution < -0.4 is 11.1 Å². The highest BCUT2D eigenvalue weighted by atomic mass is 32.1. The average Bonchev–Trinajstić information content (AvgIpc) is 2.76. The monoisotopic (exact) mass is 255 g/mol. The SMILES string of the molecule is CCc1cnc(C(C)NC(=O)[C@H](N)C(C)C)s1. The van der Waals surface area contributed by atoms with E-state index < -0.39 is 6.04 Å². The van der Waals surface area contributed by atoms with Crippen LogP contribution in [0, 0.1) is 5.92 Å². The quantitative estimate of drug-likeness (QED) is 0.844. The molecule has 0 fully saturated rings. The van der Waals surface area contributed by atoms with Crippen molar-refractivity contribution in [2.75, 3.05) is 0 Å². The lowest BCUT2D eigenvalue weighted by Gasteiger charge is -2.18. The molecule has 1 aromatic rings. The number of thiazole rings is 1. The Balaban J connectivity index is 2.59. The van der Waals surface area contributed by atoms with Crippen LogP contribution in [-0.2, 0) is 11.2 Å². The maximum absolute atomic E-state index is 11.8. The second-order valence-corrected chi connectivity index (χ2v) is 5.67. The van der Waals surface area contributed by atoms with E-state index in [-0.39, 0.29) is 17.9 Å². The van der Waals surface area contributed by atoms with Crippen molar-refractivity contribution in [1.29, 1.82) is 0 Å². The molecule has 0 aliphatic heterocycles. The predicted octanol–water partition coefficient (Wildman–Crippen LogP) is 1.87. The van der Waals surface area contributed by atoms with Crippen LogP contribution in [0.15, 0.2) is 6.20 Å². The van der Waals surface area contributed by atoms with Gasteiger partial charge >= 0.3 is 0 Å². The van der Waals surface area contributed by atoms with Crippen LogP contribution in [0.1, 0.15) is 43.6 Å². The first-order valence-electron chi connectivity index (χ1n) is 5.96. The number of carbonyl (C=O) groups is 1. The van der Waals surface area contributed by atoms with Crippen molar-refractivity contribution in [2.24, 2.45) is 11.7 Å². The second kappa shape index (κ2) is 6.12. The lowest BCUT2D eigenvalue weighted by atomic mass is 10.0. The molecular weight excluding hydrogens is 234 g/mol. The molecule has 0 aliphatic rings. The standard InChI is InChI=1S/C12H21N3OS/c1-5-9-6-14-12(17-9)8(4)15-11(16)10(13)7(2)3/h6-8,10H,5,13H2,1-4H3,(H,15,16)/t8?,10-/m1/s1. The highest BCUT2D eigenvalue weighted by Crippen LogP contribution is 2.20. The number of aromatic nitrogens is 1. The summed E-state index contributed by atoms with van der Waals surface area (Å²) >= 11 is 1.64. The summed E-state index contributed by atoms with van der Waals surface area (Å²) in [5.41, 5.74) is 5.79. The lowest BCUT2D eigenvalue weighted by molar-refractivity contribution is -0.123. The zero-order valence-corrected chi connectivity index (χ0v) is 11.7. The van der Waals surface area contributed by atoms with Crippen molar-refractivity contribution < 1.29 is 4.79 Å². The van der Waals surface area contributed by atoms with Crippen molar-refractivity contribution >= 4 is 17.2 Å². The Bertz CT molecular complexity index is 376. The molecule has 0 bridgehead atoms. The highest BCUT2D eigenvalue weighted by molar-refractivity contribution is 7.11. The van der Waals surface area contributed by atoms with Gasteiger partial charge in [-0.25, -0.2) is 4.98 Å². The number of rotatable bonds is 5. The summed E-state index contributed by atoms with van der Waals surface area (Å²) in [7, 11) is 0. The summed E-state index contributed by atoms with van der Waals surface area (Å²) in [6.45, 7) is 7.90. The first-order valence-corrected chi connectivity index (χ1v) is 6.77. The third kappa shape index (κ3) is 3.78. The molecule has 0 radical (unpaired) electrons. The zero-order chi connectivity index (χ0) is 13.0. The Kier molecular flexibility index (Phi) is 5.08. The van der Waals surface area contributed by atoms with Crippen LogP contribution in [-0.4, -0.2) is 16.9 Å². The Morgan fingerprint density at radius 2 is 2.18 bits per heavy atom. The van der Waals surface area contributed by atoms with Crippen molar-refractivity contribution in [3.05, 3.63) is 16.1 Å². The minimum Gasteiger partial charge on any atom is -0.346 e. The van der Waals surface area contributed by atoms with Gasteiger partial charge in [0.2, 0.25) is 5.91 Å². The van der Waals surface area contributed by atoms with Crippen LogP contribution in [0.3, 0.4) is 0 Å². The molecule has 1 heterocycles. The molecule has 0 saturated heterocycles. The van der Waals surface area contributed by atoms with Gasteiger partial charge in [0.05, 0.1) is 12.1 Å². The van der Waals surface area contributed by atoms with E-state index in [0.717, 1.165) is 11.4 Å². The molecule has 1 aromatic heterocycles. The smallest absolute Gasteiger partial charge is 0.237 e. The number of hydrogen-bond donors (Lipinski definition) is 2. The number of carbonyl (C=O) groups excluding carboxylic acids is 1. The van der Waals surface area contributed by atoms with Crippen LogP contribution in [0.5, 0.6) is 0 Å². The van der Waals surface area contributed by atoms with Gasteiger partial charge < -0.3 is 11.1 Å². The fourth-order valence-electron chi connectivity index (χ4n) is 1.36. The summed E-state index contributed by atoms with van der Waals surface area (Å²) in [6.07, 6.45) is 2.84. The summed E-state index contributed by atoms with van der Waals surface area (Å²) in [6, 6.07) is -0.527. The molecule has 0 saturated carbocycles. The Hall–Kier alpha value is -0.940. The first kappa shape index (κ1) is 14.1. The molecule has 0 spiro atoms. The summed E-state index contributed by atoms with van der Waals surface area (Å²) in [5.74, 6) is 0.0328. The predicted molar refractivity (Wildman–Crippen MR) is 70.9 cm³/mol. The van der Waals surface area contributed by atoms with Gasteiger partial charge in [0, 0.05) is 11.1 Å². The highest BCUT2D eigenvalue weighted by Gasteiger charge is 2.20. The normalized spacial score (nSPS) is 14.7. The topological polar surface area (TPSA) is 68.0 Å². The van der Waals surface area contributed by atoms with E-state index in [1.54, 1.807) is 11.3 Å². The Morgan fingerprint density at radius 3 is 2.65 bits per heavy atom. The largest absolute Gasteiger partial charge is 0.346 e. The van der Waals surface area contributed by atoms with Crippen LogP contribution >= 0.6 is 11.3 Å². The third-order valence-electron chi connectivity index (χ3n) is 2.67. The van der Waals surface area contributed by atoms with Gasteiger partial charge in [-0.05, 0) is 19.3 Å². The number of nitrogens with two attached hydrogens (primary N) is 1. The zero-order valence-electron chi connectivity index (χ0n) is 10.9. The van der Waals surface area contributed by atoms with Gasteiger partial charge in [0.15, 0.2) is 0 Å². The molecule has 0 aromatic carbocycles. The molecular formula is C12H21N3OS. The van der Waals surface area contributed by atoms with E-state index in [0.29, 0.717) is 0 Å². The molecule has 1 rings (SSSR count). The third-order valence-corrected chi connectivity index (χ3v) is 3.99. The molecule has 5 heteroatoms. The fraction of sp³-hybridized carbons (Fsp3) is 0.667. The van der Waals surface area contributed by atoms with Crippen molar-refractivity contribution in [3.63, 3.8) is 0 Å². The van der Waals surface area contributed by atoms with Crippen LogP contribution in [0.2, 0.25) is 0 Å². The molecule has 0 aliphatic carbocycles. The molecule has 1 amide bonds. The maximum Gasteiger partial charge on any atom is 0.237 e. The summed E-state index contributed by atoms with van der Waals surface area (Å²) < 4.78 is 0.